The first kappa shape index (κ1) is 13.6. The Hall–Kier alpha value is -0.420. The van der Waals surface area contributed by atoms with Gasteiger partial charge in [-0.1, -0.05) is 0 Å². The van der Waals surface area contributed by atoms with Gasteiger partial charge in [-0.15, -0.1) is 0 Å². The van der Waals surface area contributed by atoms with E-state index in [-0.39, 0.29) is 6.10 Å². The highest BCUT2D eigenvalue weighted by Gasteiger charge is 2.33. The molecule has 16 heavy (non-hydrogen) atoms. The number of esters is 1. The molecule has 0 bridgehead atoms. The van der Waals surface area contributed by atoms with Crippen LogP contribution in [0.25, 0.3) is 0 Å². The van der Waals surface area contributed by atoms with Crippen LogP contribution in [0.1, 0.15) is 20.8 Å². The molecule has 0 radical (unpaired) electrons. The van der Waals surface area contributed by atoms with Crippen molar-refractivity contribution >= 4 is 24.5 Å². The molecule has 92 valence electrons. The van der Waals surface area contributed by atoms with E-state index in [9.17, 15) is 4.79 Å². The summed E-state index contributed by atoms with van der Waals surface area (Å²) in [5.74, 6) is -0.121. The molecule has 0 spiro atoms. The summed E-state index contributed by atoms with van der Waals surface area (Å²) in [6.45, 7) is 3.23. The van der Waals surface area contributed by atoms with Gasteiger partial charge in [0.05, 0.1) is 25.4 Å². The normalized spacial score (nSPS) is 30.2. The van der Waals surface area contributed by atoms with Gasteiger partial charge in [0.15, 0.2) is 0 Å². The lowest BCUT2D eigenvalue weighted by molar-refractivity contribution is -0.137. The van der Waals surface area contributed by atoms with Crippen molar-refractivity contribution in [3.8, 4) is 0 Å². The summed E-state index contributed by atoms with van der Waals surface area (Å²) in [5, 5.41) is 0. The molecule has 1 rings (SSSR count). The Balaban J connectivity index is 2.54. The first-order chi connectivity index (χ1) is 7.45. The Bertz CT molecular complexity index is 341. The van der Waals surface area contributed by atoms with Gasteiger partial charge in [-0.25, -0.2) is 4.79 Å². The van der Waals surface area contributed by atoms with Crippen molar-refractivity contribution in [1.29, 1.82) is 0 Å². The summed E-state index contributed by atoms with van der Waals surface area (Å²) in [5.41, 5.74) is 0. The van der Waals surface area contributed by atoms with E-state index in [1.807, 2.05) is 6.92 Å². The molecule has 5 nitrogen and oxygen atoms in total. The first-order valence-electron chi connectivity index (χ1n) is 4.93. The van der Waals surface area contributed by atoms with Gasteiger partial charge in [0, 0.05) is 11.8 Å². The van der Waals surface area contributed by atoms with Gasteiger partial charge in [-0.05, 0) is 20.8 Å². The monoisotopic (exact) mass is 266 g/mol. The topological polar surface area (TPSA) is 54.0 Å². The maximum Gasteiger partial charge on any atom is 0.380 e. The lowest BCUT2D eigenvalue weighted by Crippen LogP contribution is -2.02. The van der Waals surface area contributed by atoms with Crippen molar-refractivity contribution in [3.05, 3.63) is 11.8 Å². The predicted octanol–water partition coefficient (Wildman–Crippen LogP) is 2.13. The third-order valence-corrected chi connectivity index (χ3v) is 4.03. The second-order valence-corrected chi connectivity index (χ2v) is 6.14. The van der Waals surface area contributed by atoms with Gasteiger partial charge in [0.2, 0.25) is 0 Å². The molecular weight excluding hydrogens is 251 g/mol. The van der Waals surface area contributed by atoms with E-state index < -0.39 is 12.7 Å². The molecule has 1 aliphatic rings. The number of rotatable bonds is 4. The third kappa shape index (κ3) is 4.22. The average molecular weight is 266 g/mol. The molecule has 1 saturated heterocycles. The largest absolute Gasteiger partial charge is 0.463 e. The van der Waals surface area contributed by atoms with E-state index in [0.29, 0.717) is 19.0 Å². The van der Waals surface area contributed by atoms with Crippen LogP contribution in [0.5, 0.6) is 0 Å². The van der Waals surface area contributed by atoms with Crippen LogP contribution in [0.2, 0.25) is 0 Å². The highest BCUT2D eigenvalue weighted by molar-refractivity contribution is 8.07. The van der Waals surface area contributed by atoms with Crippen LogP contribution in [-0.2, 0) is 34.9 Å². The molecule has 0 saturated carbocycles. The number of hydrogen-bond acceptors (Lipinski definition) is 6. The highest BCUT2D eigenvalue weighted by Crippen LogP contribution is 2.56. The minimum Gasteiger partial charge on any atom is -0.463 e. The smallest absolute Gasteiger partial charge is 0.380 e. The van der Waals surface area contributed by atoms with Crippen molar-refractivity contribution in [2.45, 2.75) is 26.9 Å². The van der Waals surface area contributed by atoms with Crippen LogP contribution >= 0.6 is 6.72 Å². The maximum absolute atomic E-state index is 11.1. The van der Waals surface area contributed by atoms with Crippen LogP contribution in [0.3, 0.4) is 0 Å². The second-order valence-electron chi connectivity index (χ2n) is 3.26. The number of hydrogen-bond donors (Lipinski definition) is 0. The van der Waals surface area contributed by atoms with Crippen LogP contribution in [0.15, 0.2) is 11.8 Å². The zero-order valence-corrected chi connectivity index (χ0v) is 11.2. The van der Waals surface area contributed by atoms with E-state index in [0.717, 1.165) is 0 Å². The van der Waals surface area contributed by atoms with Gasteiger partial charge in [0.25, 0.3) is 0 Å². The zero-order chi connectivity index (χ0) is 12.2. The zero-order valence-electron chi connectivity index (χ0n) is 9.47. The van der Waals surface area contributed by atoms with E-state index in [4.69, 9.17) is 30.1 Å². The summed E-state index contributed by atoms with van der Waals surface area (Å²) in [7, 11) is 0. The van der Waals surface area contributed by atoms with Crippen molar-refractivity contribution < 1.29 is 23.1 Å². The Kier molecular flexibility index (Phi) is 4.92. The summed E-state index contributed by atoms with van der Waals surface area (Å²) >= 11 is 5.09. The number of allylic oxidation sites excluding steroid dienone is 1. The molecule has 0 N–H and O–H groups in total. The van der Waals surface area contributed by atoms with E-state index >= 15 is 0 Å². The van der Waals surface area contributed by atoms with Crippen molar-refractivity contribution in [3.63, 3.8) is 0 Å². The van der Waals surface area contributed by atoms with Gasteiger partial charge >= 0.3 is 12.7 Å². The Morgan fingerprint density at radius 3 is 2.88 bits per heavy atom. The Labute approximate surface area is 100.0 Å². The SMILES string of the molecule is CCOC(=O)/C=C(\C)OP1(=S)OCC(C)O1. The molecule has 1 fully saturated rings. The molecule has 2 unspecified atom stereocenters. The number of carbonyl (C=O) groups is 1. The van der Waals surface area contributed by atoms with Crippen LogP contribution in [0.4, 0.5) is 0 Å². The van der Waals surface area contributed by atoms with Gasteiger partial charge in [-0.2, -0.15) is 0 Å². The standard InChI is InChI=1S/C9H15O5PS/c1-4-11-9(10)5-7(2)13-15(16)12-6-8(3)14-15/h5,8H,4,6H2,1-3H3/b7-5+. The molecule has 7 heteroatoms. The van der Waals surface area contributed by atoms with Gasteiger partial charge < -0.3 is 9.26 Å². The summed E-state index contributed by atoms with van der Waals surface area (Å²) in [4.78, 5) is 11.1. The van der Waals surface area contributed by atoms with Crippen LogP contribution < -0.4 is 0 Å². The Morgan fingerprint density at radius 2 is 2.38 bits per heavy atom. The fourth-order valence-corrected chi connectivity index (χ4v) is 3.51. The predicted molar refractivity (Wildman–Crippen MR) is 62.3 cm³/mol. The fourth-order valence-electron chi connectivity index (χ4n) is 1.08. The van der Waals surface area contributed by atoms with E-state index in [1.165, 1.54) is 6.08 Å². The van der Waals surface area contributed by atoms with Crippen molar-refractivity contribution in [2.24, 2.45) is 0 Å². The highest BCUT2D eigenvalue weighted by atomic mass is 32.5. The molecule has 1 heterocycles. The quantitative estimate of drug-likeness (QED) is 0.336. The molecular formula is C9H15O5PS. The lowest BCUT2D eigenvalue weighted by Gasteiger charge is -2.15. The van der Waals surface area contributed by atoms with E-state index in [1.54, 1.807) is 13.8 Å². The first-order valence-corrected chi connectivity index (χ1v) is 7.48. The molecule has 2 atom stereocenters. The molecule has 0 aromatic heterocycles. The van der Waals surface area contributed by atoms with Gasteiger partial charge in [-0.3, -0.25) is 9.05 Å². The molecule has 0 amide bonds. The summed E-state index contributed by atoms with van der Waals surface area (Å²) in [6, 6.07) is 0. The molecule has 0 aromatic carbocycles. The van der Waals surface area contributed by atoms with Crippen molar-refractivity contribution in [2.75, 3.05) is 13.2 Å². The summed E-state index contributed by atoms with van der Waals surface area (Å²) < 4.78 is 20.7. The number of ether oxygens (including phenoxy) is 1. The fraction of sp³-hybridized carbons (Fsp3) is 0.667. The lowest BCUT2D eigenvalue weighted by atomic mass is 10.5. The second kappa shape index (κ2) is 5.77. The van der Waals surface area contributed by atoms with Crippen molar-refractivity contribution in [1.82, 2.24) is 0 Å². The molecule has 1 aliphatic heterocycles. The minimum absolute atomic E-state index is 0.0683. The van der Waals surface area contributed by atoms with Crippen LogP contribution in [-0.4, -0.2) is 25.3 Å². The average Bonchev–Trinajstić information content (AvgIpc) is 2.45. The minimum atomic E-state index is -2.70. The molecule has 0 aliphatic carbocycles. The molecule has 0 aromatic rings. The third-order valence-electron chi connectivity index (χ3n) is 1.64. The Morgan fingerprint density at radius 1 is 1.69 bits per heavy atom. The van der Waals surface area contributed by atoms with E-state index in [2.05, 4.69) is 0 Å². The summed E-state index contributed by atoms with van der Waals surface area (Å²) in [6.07, 6.45) is 1.16. The van der Waals surface area contributed by atoms with Gasteiger partial charge in [0.1, 0.15) is 5.76 Å². The van der Waals surface area contributed by atoms with Crippen LogP contribution in [0, 0.1) is 0 Å². The maximum atomic E-state index is 11.1. The number of carbonyl (C=O) groups excluding carboxylic acids is 1.